The van der Waals surface area contributed by atoms with Gasteiger partial charge in [0.2, 0.25) is 0 Å². The molecule has 5 heavy (non-hydrogen) atoms. The molecule has 0 unspecified atom stereocenters. The monoisotopic (exact) mass is 75.1 g/mol. The van der Waals surface area contributed by atoms with Gasteiger partial charge in [0.1, 0.15) is 0 Å². The number of hydrogen-bond acceptors (Lipinski definition) is 1. The molecule has 0 spiro atoms. The predicted molar refractivity (Wildman–Crippen MR) is 26.1 cm³/mol. The van der Waals surface area contributed by atoms with Crippen LogP contribution in [0.5, 0.6) is 0 Å². The third kappa shape index (κ3) is 9510. The molecule has 0 aromatic heterocycles. The molecule has 2 N–H and O–H groups in total. The van der Waals surface area contributed by atoms with E-state index in [4.69, 9.17) is 5.73 Å². The second-order valence-electron chi connectivity index (χ2n) is 2.37. The van der Waals surface area contributed by atoms with Crippen molar-refractivity contribution in [3.63, 3.8) is 0 Å². The largest absolute Gasteiger partial charge is 0.326 e. The number of rotatable bonds is 0. The topological polar surface area (TPSA) is 26.0 Å². The lowest BCUT2D eigenvalue weighted by molar-refractivity contribution is 0.580. The molecule has 0 atom stereocenters. The Morgan fingerprint density at radius 3 is 1.40 bits per heavy atom. The predicted octanol–water partition coefficient (Wildman–Crippen LogP) is 0.990. The van der Waals surface area contributed by atoms with E-state index in [2.05, 4.69) is 0 Å². The fourth-order valence-electron chi connectivity index (χ4n) is 0. The Bertz CT molecular complexity index is 23.0. The van der Waals surface area contributed by atoms with Gasteiger partial charge in [-0.1, -0.05) is 0 Å². The SMILES string of the molecule is CC(C)(C)N.[HH]. The first kappa shape index (κ1) is 4.96. The molecule has 0 rings (SSSR count). The molecule has 0 aromatic carbocycles. The van der Waals surface area contributed by atoms with Crippen LogP contribution in [-0.4, -0.2) is 5.54 Å². The summed E-state index contributed by atoms with van der Waals surface area (Å²) in [4.78, 5) is 0. The van der Waals surface area contributed by atoms with Crippen LogP contribution in [0.2, 0.25) is 0 Å². The van der Waals surface area contributed by atoms with Crippen LogP contribution in [-0.2, 0) is 0 Å². The highest BCUT2D eigenvalue weighted by Crippen LogP contribution is 1.88. The van der Waals surface area contributed by atoms with Crippen molar-refractivity contribution in [3.05, 3.63) is 0 Å². The first-order chi connectivity index (χ1) is 2.00. The van der Waals surface area contributed by atoms with E-state index < -0.39 is 0 Å². The lowest BCUT2D eigenvalue weighted by atomic mass is 10.1. The molecule has 0 radical (unpaired) electrons. The van der Waals surface area contributed by atoms with E-state index in [9.17, 15) is 0 Å². The lowest BCUT2D eigenvalue weighted by Crippen LogP contribution is -2.26. The third-order valence-electron chi connectivity index (χ3n) is 0. The molecular formula is C4H13N. The van der Waals surface area contributed by atoms with Crippen molar-refractivity contribution in [2.24, 2.45) is 5.73 Å². The van der Waals surface area contributed by atoms with Crippen LogP contribution in [0.4, 0.5) is 0 Å². The quantitative estimate of drug-likeness (QED) is 0.456. The molecule has 0 fully saturated rings. The Morgan fingerprint density at radius 1 is 1.40 bits per heavy atom. The van der Waals surface area contributed by atoms with Crippen LogP contribution in [0, 0.1) is 0 Å². The molecule has 0 aliphatic rings. The molecule has 0 bridgehead atoms. The minimum Gasteiger partial charge on any atom is -0.326 e. The summed E-state index contributed by atoms with van der Waals surface area (Å²) in [5, 5.41) is 0. The van der Waals surface area contributed by atoms with Gasteiger partial charge in [-0.25, -0.2) is 0 Å². The highest BCUT2D eigenvalue weighted by Gasteiger charge is 1.95. The molecule has 0 amide bonds. The minimum atomic E-state index is 0. The summed E-state index contributed by atoms with van der Waals surface area (Å²) in [6, 6.07) is 0. The van der Waals surface area contributed by atoms with Gasteiger partial charge in [-0.3, -0.25) is 0 Å². The van der Waals surface area contributed by atoms with Gasteiger partial charge in [0.05, 0.1) is 0 Å². The van der Waals surface area contributed by atoms with E-state index in [1.54, 1.807) is 0 Å². The smallest absolute Gasteiger partial charge is 0.00686 e. The van der Waals surface area contributed by atoms with Gasteiger partial charge in [0.15, 0.2) is 0 Å². The molecule has 34 valence electrons. The standard InChI is InChI=1S/C4H11N.H2/c1-4(2,3)5;/h5H2,1-3H3;1H. The van der Waals surface area contributed by atoms with Crippen LogP contribution in [0.15, 0.2) is 0 Å². The van der Waals surface area contributed by atoms with E-state index in [1.807, 2.05) is 20.8 Å². The summed E-state index contributed by atoms with van der Waals surface area (Å²) in [5.74, 6) is 0. The molecule has 0 aromatic rings. The van der Waals surface area contributed by atoms with Crippen molar-refractivity contribution in [1.29, 1.82) is 0 Å². The summed E-state index contributed by atoms with van der Waals surface area (Å²) in [7, 11) is 0. The summed E-state index contributed by atoms with van der Waals surface area (Å²) in [5.41, 5.74) is 5.35. The van der Waals surface area contributed by atoms with Gasteiger partial charge >= 0.3 is 0 Å². The van der Waals surface area contributed by atoms with E-state index in [-0.39, 0.29) is 6.97 Å². The third-order valence-corrected chi connectivity index (χ3v) is 0. The second-order valence-corrected chi connectivity index (χ2v) is 2.37. The molecule has 0 saturated heterocycles. The Kier molecular flexibility index (Phi) is 0.969. The molecule has 0 saturated carbocycles. The van der Waals surface area contributed by atoms with Crippen LogP contribution in [0.1, 0.15) is 22.2 Å². The maximum atomic E-state index is 5.35. The van der Waals surface area contributed by atoms with Crippen molar-refractivity contribution in [2.45, 2.75) is 26.3 Å². The summed E-state index contributed by atoms with van der Waals surface area (Å²) >= 11 is 0. The van der Waals surface area contributed by atoms with Gasteiger partial charge in [-0.15, -0.1) is 0 Å². The fraction of sp³-hybridized carbons (Fsp3) is 1.00. The summed E-state index contributed by atoms with van der Waals surface area (Å²) in [6.45, 7) is 5.90. The molecular weight excluding hydrogens is 62.1 g/mol. The van der Waals surface area contributed by atoms with Crippen molar-refractivity contribution in [2.75, 3.05) is 0 Å². The molecule has 1 heteroatoms. The highest BCUT2D eigenvalue weighted by molar-refractivity contribution is 4.60. The zero-order valence-corrected chi connectivity index (χ0v) is 4.08. The first-order valence-corrected chi connectivity index (χ1v) is 1.79. The Balaban J connectivity index is 0. The average molecular weight is 75.2 g/mol. The van der Waals surface area contributed by atoms with Crippen LogP contribution in [0.3, 0.4) is 0 Å². The van der Waals surface area contributed by atoms with Crippen LogP contribution < -0.4 is 5.73 Å². The molecule has 0 aliphatic heterocycles. The zero-order chi connectivity index (χ0) is 4.50. The average Bonchev–Trinajstić information content (AvgIpc) is 0.722. The summed E-state index contributed by atoms with van der Waals surface area (Å²) < 4.78 is 0. The molecule has 1 nitrogen and oxygen atoms in total. The number of hydrogen-bond donors (Lipinski definition) is 1. The fourth-order valence-corrected chi connectivity index (χ4v) is 0. The van der Waals surface area contributed by atoms with Crippen LogP contribution >= 0.6 is 0 Å². The molecule has 0 heterocycles. The van der Waals surface area contributed by atoms with Gasteiger partial charge in [-0.2, -0.15) is 0 Å². The van der Waals surface area contributed by atoms with Crippen molar-refractivity contribution in [1.82, 2.24) is 0 Å². The van der Waals surface area contributed by atoms with Crippen LogP contribution in [0.25, 0.3) is 0 Å². The normalized spacial score (nSPS) is 12.0. The Labute approximate surface area is 34.7 Å². The lowest BCUT2D eigenvalue weighted by Gasteiger charge is -2.06. The Hall–Kier alpha value is -0.0400. The second kappa shape index (κ2) is 0.977. The van der Waals surface area contributed by atoms with Gasteiger partial charge < -0.3 is 5.73 Å². The van der Waals surface area contributed by atoms with Crippen molar-refractivity contribution in [3.8, 4) is 0 Å². The van der Waals surface area contributed by atoms with E-state index in [0.29, 0.717) is 0 Å². The summed E-state index contributed by atoms with van der Waals surface area (Å²) in [6.07, 6.45) is 0. The van der Waals surface area contributed by atoms with Crippen molar-refractivity contribution < 1.29 is 1.43 Å². The minimum absolute atomic E-state index is 0. The number of nitrogens with two attached hydrogens (primary N) is 1. The maximum Gasteiger partial charge on any atom is 0.00686 e. The van der Waals surface area contributed by atoms with Crippen molar-refractivity contribution >= 4 is 0 Å². The van der Waals surface area contributed by atoms with E-state index in [1.165, 1.54) is 0 Å². The van der Waals surface area contributed by atoms with E-state index in [0.717, 1.165) is 0 Å². The van der Waals surface area contributed by atoms with Gasteiger partial charge in [0, 0.05) is 6.97 Å². The maximum absolute atomic E-state index is 5.35. The van der Waals surface area contributed by atoms with Gasteiger partial charge in [0.25, 0.3) is 0 Å². The van der Waals surface area contributed by atoms with Gasteiger partial charge in [-0.05, 0) is 20.8 Å². The Morgan fingerprint density at radius 2 is 1.40 bits per heavy atom. The zero-order valence-electron chi connectivity index (χ0n) is 4.08. The highest BCUT2D eigenvalue weighted by atomic mass is 14.7. The first-order valence-electron chi connectivity index (χ1n) is 1.79. The molecule has 0 aliphatic carbocycles. The van der Waals surface area contributed by atoms with E-state index >= 15 is 0 Å².